The number of nitrogens with zero attached hydrogens (tertiary/aromatic N) is 3. The molecule has 4 heteroatoms. The Morgan fingerprint density at radius 3 is 2.81 bits per heavy atom. The maximum absolute atomic E-state index is 4.34. The third kappa shape index (κ3) is 3.00. The number of fused-ring (bicyclic) bond motifs is 1. The molecule has 0 unspecified atom stereocenters. The average Bonchev–Trinajstić information content (AvgIpc) is 3.12. The van der Waals surface area contributed by atoms with Crippen LogP contribution in [0.1, 0.15) is 25.0 Å². The van der Waals surface area contributed by atoms with Gasteiger partial charge >= 0.3 is 0 Å². The van der Waals surface area contributed by atoms with Gasteiger partial charge in [-0.2, -0.15) is 5.10 Å². The van der Waals surface area contributed by atoms with E-state index in [-0.39, 0.29) is 0 Å². The Kier molecular flexibility index (Phi) is 4.06. The third-order valence-corrected chi connectivity index (χ3v) is 3.78. The highest BCUT2D eigenvalue weighted by Gasteiger charge is 2.04. The van der Waals surface area contributed by atoms with Crippen LogP contribution in [0.15, 0.2) is 42.9 Å². The summed E-state index contributed by atoms with van der Waals surface area (Å²) in [4.78, 5) is 0. The summed E-state index contributed by atoms with van der Waals surface area (Å²) in [5.74, 6) is 0. The van der Waals surface area contributed by atoms with Crippen molar-refractivity contribution in [1.29, 1.82) is 0 Å². The van der Waals surface area contributed by atoms with Gasteiger partial charge in [0, 0.05) is 36.6 Å². The lowest BCUT2D eigenvalue weighted by atomic mass is 10.1. The van der Waals surface area contributed by atoms with Gasteiger partial charge in [0.25, 0.3) is 0 Å². The molecule has 0 amide bonds. The van der Waals surface area contributed by atoms with E-state index >= 15 is 0 Å². The van der Waals surface area contributed by atoms with Crippen LogP contribution in [-0.4, -0.2) is 20.9 Å². The van der Waals surface area contributed by atoms with Crippen molar-refractivity contribution in [1.82, 2.24) is 19.7 Å². The molecule has 0 bridgehead atoms. The molecule has 0 aliphatic carbocycles. The number of hydrogen-bond donors (Lipinski definition) is 1. The predicted molar refractivity (Wildman–Crippen MR) is 86.3 cm³/mol. The van der Waals surface area contributed by atoms with E-state index in [4.69, 9.17) is 0 Å². The van der Waals surface area contributed by atoms with Crippen molar-refractivity contribution < 1.29 is 0 Å². The first-order chi connectivity index (χ1) is 10.3. The summed E-state index contributed by atoms with van der Waals surface area (Å²) in [6.07, 6.45) is 6.23. The van der Waals surface area contributed by atoms with Crippen molar-refractivity contribution in [3.8, 4) is 0 Å². The second-order valence-corrected chi connectivity index (χ2v) is 5.32. The lowest BCUT2D eigenvalue weighted by Gasteiger charge is -2.05. The molecule has 0 atom stereocenters. The summed E-state index contributed by atoms with van der Waals surface area (Å²) >= 11 is 0. The maximum Gasteiger partial charge on any atom is 0.0539 e. The fraction of sp³-hybridized carbons (Fsp3) is 0.353. The molecule has 0 saturated carbocycles. The minimum Gasteiger partial charge on any atom is -0.343 e. The Labute approximate surface area is 125 Å². The van der Waals surface area contributed by atoms with Gasteiger partial charge in [-0.1, -0.05) is 13.0 Å². The zero-order chi connectivity index (χ0) is 14.7. The highest BCUT2D eigenvalue weighted by atomic mass is 15.3. The Balaban J connectivity index is 1.82. The summed E-state index contributed by atoms with van der Waals surface area (Å²) in [6, 6.07) is 8.88. The van der Waals surface area contributed by atoms with Crippen LogP contribution in [0.5, 0.6) is 0 Å². The molecule has 2 aromatic heterocycles. The van der Waals surface area contributed by atoms with Gasteiger partial charge in [-0.05, 0) is 42.6 Å². The third-order valence-electron chi connectivity index (χ3n) is 3.78. The van der Waals surface area contributed by atoms with Crippen LogP contribution in [0.3, 0.4) is 0 Å². The fourth-order valence-electron chi connectivity index (χ4n) is 2.62. The first-order valence-electron chi connectivity index (χ1n) is 7.60. The minimum atomic E-state index is 0.871. The molecule has 21 heavy (non-hydrogen) atoms. The zero-order valence-corrected chi connectivity index (χ0v) is 12.7. The number of aryl methyl sites for hydroxylation is 1. The number of hydrogen-bond acceptors (Lipinski definition) is 2. The van der Waals surface area contributed by atoms with Crippen LogP contribution >= 0.6 is 0 Å². The van der Waals surface area contributed by atoms with Crippen LogP contribution in [-0.2, 0) is 19.6 Å². The summed E-state index contributed by atoms with van der Waals surface area (Å²) in [6.45, 7) is 7.96. The van der Waals surface area contributed by atoms with Crippen molar-refractivity contribution in [2.75, 3.05) is 6.54 Å². The van der Waals surface area contributed by atoms with Crippen molar-refractivity contribution in [2.45, 2.75) is 33.5 Å². The number of aromatic nitrogens is 3. The Morgan fingerprint density at radius 1 is 1.14 bits per heavy atom. The predicted octanol–water partition coefficient (Wildman–Crippen LogP) is 3.02. The van der Waals surface area contributed by atoms with Crippen LogP contribution in [0.4, 0.5) is 0 Å². The summed E-state index contributed by atoms with van der Waals surface area (Å²) in [5.41, 5.74) is 3.85. The van der Waals surface area contributed by atoms with E-state index in [9.17, 15) is 0 Å². The molecule has 4 nitrogen and oxygen atoms in total. The van der Waals surface area contributed by atoms with Crippen molar-refractivity contribution in [2.24, 2.45) is 0 Å². The van der Waals surface area contributed by atoms with Gasteiger partial charge in [0.2, 0.25) is 0 Å². The van der Waals surface area contributed by atoms with Crippen LogP contribution in [0.2, 0.25) is 0 Å². The second-order valence-electron chi connectivity index (χ2n) is 5.32. The molecule has 2 heterocycles. The quantitative estimate of drug-likeness (QED) is 0.754. The van der Waals surface area contributed by atoms with Gasteiger partial charge < -0.3 is 9.88 Å². The van der Waals surface area contributed by atoms with Crippen LogP contribution in [0.25, 0.3) is 10.9 Å². The molecule has 3 rings (SSSR count). The van der Waals surface area contributed by atoms with E-state index in [1.54, 1.807) is 0 Å². The Morgan fingerprint density at radius 2 is 2.05 bits per heavy atom. The van der Waals surface area contributed by atoms with E-state index in [1.165, 1.54) is 22.0 Å². The number of nitrogens with one attached hydrogen (secondary N) is 1. The van der Waals surface area contributed by atoms with E-state index in [0.29, 0.717) is 0 Å². The topological polar surface area (TPSA) is 34.8 Å². The summed E-state index contributed by atoms with van der Waals surface area (Å²) in [7, 11) is 0. The summed E-state index contributed by atoms with van der Waals surface area (Å²) < 4.78 is 4.25. The molecule has 1 aromatic carbocycles. The summed E-state index contributed by atoms with van der Waals surface area (Å²) in [5, 5.41) is 9.00. The first-order valence-corrected chi connectivity index (χ1v) is 7.60. The molecule has 0 spiro atoms. The molecule has 0 radical (unpaired) electrons. The van der Waals surface area contributed by atoms with E-state index in [1.807, 2.05) is 10.9 Å². The molecule has 0 aliphatic heterocycles. The number of rotatable bonds is 6. The monoisotopic (exact) mass is 282 g/mol. The largest absolute Gasteiger partial charge is 0.343 e. The molecule has 0 fully saturated rings. The first kappa shape index (κ1) is 13.9. The van der Waals surface area contributed by atoms with Crippen LogP contribution < -0.4 is 5.32 Å². The smallest absolute Gasteiger partial charge is 0.0539 e. The normalized spacial score (nSPS) is 11.3. The second kappa shape index (κ2) is 6.14. The average molecular weight is 282 g/mol. The molecule has 3 aromatic rings. The van der Waals surface area contributed by atoms with Crippen molar-refractivity contribution >= 4 is 10.9 Å². The van der Waals surface area contributed by atoms with Gasteiger partial charge in [0.05, 0.1) is 12.7 Å². The molecule has 1 N–H and O–H groups in total. The standard InChI is InChI=1S/C17H22N4/c1-3-18-10-14-5-6-17-16(9-14)7-8-20(17)12-15-11-19-21(4-2)13-15/h5-9,11,13,18H,3-4,10,12H2,1-2H3. The minimum absolute atomic E-state index is 0.871. The lowest BCUT2D eigenvalue weighted by Crippen LogP contribution is -2.11. The van der Waals surface area contributed by atoms with E-state index in [0.717, 1.165) is 26.2 Å². The van der Waals surface area contributed by atoms with Gasteiger partial charge in [0.15, 0.2) is 0 Å². The number of benzene rings is 1. The van der Waals surface area contributed by atoms with Crippen molar-refractivity contribution in [3.05, 3.63) is 54.0 Å². The molecule has 0 aliphatic rings. The Hall–Kier alpha value is -2.07. The fourth-order valence-corrected chi connectivity index (χ4v) is 2.62. The molecular formula is C17H22N4. The SMILES string of the molecule is CCNCc1ccc2c(ccn2Cc2cnn(CC)c2)c1. The maximum atomic E-state index is 4.34. The molecule has 110 valence electrons. The van der Waals surface area contributed by atoms with E-state index < -0.39 is 0 Å². The van der Waals surface area contributed by atoms with Crippen molar-refractivity contribution in [3.63, 3.8) is 0 Å². The molecule has 0 saturated heterocycles. The van der Waals surface area contributed by atoms with Gasteiger partial charge in [-0.3, -0.25) is 4.68 Å². The Bertz CT molecular complexity index is 723. The van der Waals surface area contributed by atoms with Crippen LogP contribution in [0, 0.1) is 0 Å². The lowest BCUT2D eigenvalue weighted by molar-refractivity contribution is 0.658. The van der Waals surface area contributed by atoms with Gasteiger partial charge in [0.1, 0.15) is 0 Å². The highest BCUT2D eigenvalue weighted by Crippen LogP contribution is 2.19. The van der Waals surface area contributed by atoms with Gasteiger partial charge in [-0.15, -0.1) is 0 Å². The van der Waals surface area contributed by atoms with Gasteiger partial charge in [-0.25, -0.2) is 0 Å². The molecular weight excluding hydrogens is 260 g/mol. The van der Waals surface area contributed by atoms with E-state index in [2.05, 4.69) is 65.5 Å². The highest BCUT2D eigenvalue weighted by molar-refractivity contribution is 5.81. The zero-order valence-electron chi connectivity index (χ0n) is 12.7.